The fourth-order valence-electron chi connectivity index (χ4n) is 3.14. The Kier molecular flexibility index (Phi) is 5.25. The third-order valence-electron chi connectivity index (χ3n) is 4.59. The van der Waals surface area contributed by atoms with E-state index in [1.807, 2.05) is 42.5 Å². The zero-order valence-corrected chi connectivity index (χ0v) is 17.7. The van der Waals surface area contributed by atoms with Gasteiger partial charge >= 0.3 is 0 Å². The molecule has 0 bridgehead atoms. The molecule has 0 atom stereocenters. The maximum Gasteiger partial charge on any atom is 0.270 e. The number of hydrogen-bond acceptors (Lipinski definition) is 4. The second-order valence-corrected chi connectivity index (χ2v) is 9.25. The smallest absolute Gasteiger partial charge is 0.270 e. The number of hydrogen-bond donors (Lipinski definition) is 1. The molecule has 0 fully saturated rings. The van der Waals surface area contributed by atoms with Crippen LogP contribution in [0.15, 0.2) is 94.4 Å². The van der Waals surface area contributed by atoms with Gasteiger partial charge in [-0.2, -0.15) is 0 Å². The minimum atomic E-state index is -4.03. The Balaban J connectivity index is 1.77. The summed E-state index contributed by atoms with van der Waals surface area (Å²) in [5.74, 6) is -0.519. The molecule has 4 rings (SSSR count). The van der Waals surface area contributed by atoms with Gasteiger partial charge in [0.25, 0.3) is 10.0 Å². The van der Waals surface area contributed by atoms with Crippen LogP contribution in [0.25, 0.3) is 0 Å². The van der Waals surface area contributed by atoms with Crippen molar-refractivity contribution in [3.63, 3.8) is 0 Å². The summed E-state index contributed by atoms with van der Waals surface area (Å²) in [5.41, 5.74) is 2.27. The van der Waals surface area contributed by atoms with E-state index >= 15 is 0 Å². The van der Waals surface area contributed by atoms with Gasteiger partial charge < -0.3 is 5.32 Å². The molecule has 29 heavy (non-hydrogen) atoms. The molecule has 1 aliphatic heterocycles. The van der Waals surface area contributed by atoms with Crippen LogP contribution in [-0.2, 0) is 16.6 Å². The predicted molar refractivity (Wildman–Crippen MR) is 118 cm³/mol. The number of rotatable bonds is 4. The minimum absolute atomic E-state index is 0.142. The summed E-state index contributed by atoms with van der Waals surface area (Å²) in [7, 11) is -4.03. The lowest BCUT2D eigenvalue weighted by atomic mass is 10.1. The van der Waals surface area contributed by atoms with E-state index in [2.05, 4.69) is 21.2 Å². The first-order valence-electron chi connectivity index (χ1n) is 8.89. The van der Waals surface area contributed by atoms with Crippen LogP contribution >= 0.6 is 15.9 Å². The van der Waals surface area contributed by atoms with Crippen molar-refractivity contribution in [3.05, 3.63) is 106 Å². The summed E-state index contributed by atoms with van der Waals surface area (Å²) < 4.78 is 28.9. The number of carbonyl (C=O) groups is 1. The minimum Gasteiger partial charge on any atom is -0.360 e. The number of Topliss-reactive ketones (excluding diaryl/α,β-unsaturated/α-hetero) is 1. The topological polar surface area (TPSA) is 66.5 Å². The summed E-state index contributed by atoms with van der Waals surface area (Å²) in [6, 6.07) is 23.3. The molecule has 1 N–H and O–H groups in total. The van der Waals surface area contributed by atoms with Crippen molar-refractivity contribution in [1.82, 2.24) is 0 Å². The van der Waals surface area contributed by atoms with Crippen LogP contribution in [-0.4, -0.2) is 14.2 Å². The van der Waals surface area contributed by atoms with Gasteiger partial charge in [0.2, 0.25) is 5.78 Å². The van der Waals surface area contributed by atoms with Gasteiger partial charge in [-0.05, 0) is 42.0 Å². The fourth-order valence-corrected chi connectivity index (χ4v) is 4.93. The molecule has 0 aromatic heterocycles. The van der Waals surface area contributed by atoms with Crippen molar-refractivity contribution in [2.45, 2.75) is 6.54 Å². The van der Waals surface area contributed by atoms with Gasteiger partial charge in [-0.1, -0.05) is 58.4 Å². The van der Waals surface area contributed by atoms with E-state index in [0.717, 1.165) is 10.0 Å². The monoisotopic (exact) mass is 468 g/mol. The molecular weight excluding hydrogens is 452 g/mol. The zero-order valence-electron chi connectivity index (χ0n) is 15.2. The highest BCUT2D eigenvalue weighted by Gasteiger charge is 2.39. The lowest BCUT2D eigenvalue weighted by Gasteiger charge is -2.31. The Hall–Kier alpha value is -2.90. The van der Waals surface area contributed by atoms with Gasteiger partial charge in [-0.25, -0.2) is 8.42 Å². The second-order valence-electron chi connectivity index (χ2n) is 6.50. The number of nitrogens with zero attached hydrogens (tertiary/aromatic N) is 1. The number of nitrogens with one attached hydrogen (secondary N) is 1. The maximum atomic E-state index is 13.4. The van der Waals surface area contributed by atoms with Crippen molar-refractivity contribution in [3.8, 4) is 0 Å². The van der Waals surface area contributed by atoms with Crippen LogP contribution in [0.5, 0.6) is 0 Å². The van der Waals surface area contributed by atoms with Gasteiger partial charge in [0.1, 0.15) is 0 Å². The van der Waals surface area contributed by atoms with Crippen molar-refractivity contribution in [2.24, 2.45) is 0 Å². The normalized spacial score (nSPS) is 16.5. The number of halogens is 1. The standard InChI is InChI=1S/C22H17BrN2O3S/c23-17-10-12-18(13-11-17)24-14-21-22(26)19-8-4-5-9-20(19)25(29(21,27)28)15-16-6-2-1-3-7-16/h1-14,24H,15H2/b21-14+. The predicted octanol–water partition coefficient (Wildman–Crippen LogP) is 4.94. The van der Waals surface area contributed by atoms with Crippen LogP contribution < -0.4 is 9.62 Å². The molecule has 5 nitrogen and oxygen atoms in total. The van der Waals surface area contributed by atoms with E-state index in [4.69, 9.17) is 0 Å². The number of ketones is 1. The number of sulfonamides is 1. The van der Waals surface area contributed by atoms with Crippen molar-refractivity contribution >= 4 is 43.1 Å². The SMILES string of the molecule is O=C1/C(=C\Nc2ccc(Br)cc2)S(=O)(=O)N(Cc2ccccc2)c2ccccc21. The van der Waals surface area contributed by atoms with Crippen molar-refractivity contribution < 1.29 is 13.2 Å². The zero-order chi connectivity index (χ0) is 20.4. The van der Waals surface area contributed by atoms with Crippen molar-refractivity contribution in [2.75, 3.05) is 9.62 Å². The van der Waals surface area contributed by atoms with Gasteiger partial charge in [-0.15, -0.1) is 0 Å². The molecule has 7 heteroatoms. The molecule has 0 saturated heterocycles. The van der Waals surface area contributed by atoms with E-state index in [0.29, 0.717) is 16.9 Å². The summed E-state index contributed by atoms with van der Waals surface area (Å²) in [5, 5.41) is 2.93. The van der Waals surface area contributed by atoms with E-state index in [9.17, 15) is 13.2 Å². The van der Waals surface area contributed by atoms with Crippen molar-refractivity contribution in [1.29, 1.82) is 0 Å². The van der Waals surface area contributed by atoms with Gasteiger partial charge in [0.15, 0.2) is 4.91 Å². The Bertz CT molecular complexity index is 1190. The number of para-hydroxylation sites is 1. The molecule has 1 aliphatic rings. The van der Waals surface area contributed by atoms with E-state index in [-0.39, 0.29) is 11.4 Å². The van der Waals surface area contributed by atoms with E-state index < -0.39 is 15.8 Å². The number of benzene rings is 3. The Labute approximate surface area is 177 Å². The fraction of sp³-hybridized carbons (Fsp3) is 0.0455. The summed E-state index contributed by atoms with van der Waals surface area (Å²) in [6.07, 6.45) is 1.27. The van der Waals surface area contributed by atoms with Gasteiger partial charge in [0, 0.05) is 21.9 Å². The lowest BCUT2D eigenvalue weighted by molar-refractivity contribution is 0.104. The van der Waals surface area contributed by atoms with E-state index in [1.165, 1.54) is 10.5 Å². The molecule has 0 aliphatic carbocycles. The number of anilines is 2. The second kappa shape index (κ2) is 7.85. The third-order valence-corrected chi connectivity index (χ3v) is 6.89. The van der Waals surface area contributed by atoms with Gasteiger partial charge in [0.05, 0.1) is 12.2 Å². The molecule has 3 aromatic carbocycles. The molecule has 0 saturated carbocycles. The van der Waals surface area contributed by atoms with Crippen LogP contribution in [0.3, 0.4) is 0 Å². The first-order valence-corrected chi connectivity index (χ1v) is 11.1. The van der Waals surface area contributed by atoms with Crippen LogP contribution in [0, 0.1) is 0 Å². The number of carbonyl (C=O) groups excluding carboxylic acids is 1. The first kappa shape index (κ1) is 19.4. The highest BCUT2D eigenvalue weighted by molar-refractivity contribution is 9.10. The molecule has 0 amide bonds. The highest BCUT2D eigenvalue weighted by Crippen LogP contribution is 2.36. The maximum absolute atomic E-state index is 13.4. The molecule has 3 aromatic rings. The molecule has 1 heterocycles. The summed E-state index contributed by atoms with van der Waals surface area (Å²) >= 11 is 3.36. The molecule has 146 valence electrons. The Morgan fingerprint density at radius 2 is 1.55 bits per heavy atom. The first-order chi connectivity index (χ1) is 14.0. The number of allylic oxidation sites excluding steroid dienone is 1. The van der Waals surface area contributed by atoms with Gasteiger partial charge in [-0.3, -0.25) is 9.10 Å². The number of fused-ring (bicyclic) bond motifs is 1. The molecule has 0 unspecified atom stereocenters. The summed E-state index contributed by atoms with van der Waals surface area (Å²) in [6.45, 7) is 0.142. The summed E-state index contributed by atoms with van der Waals surface area (Å²) in [4.78, 5) is 12.7. The third kappa shape index (κ3) is 3.83. The van der Waals surface area contributed by atoms with Crippen LogP contribution in [0.4, 0.5) is 11.4 Å². The average Bonchev–Trinajstić information content (AvgIpc) is 2.73. The largest absolute Gasteiger partial charge is 0.360 e. The quantitative estimate of drug-likeness (QED) is 0.550. The molecular formula is C22H17BrN2O3S. The lowest BCUT2D eigenvalue weighted by Crippen LogP contribution is -2.39. The average molecular weight is 469 g/mol. The Morgan fingerprint density at radius 1 is 0.897 bits per heavy atom. The molecule has 0 spiro atoms. The highest BCUT2D eigenvalue weighted by atomic mass is 79.9. The van der Waals surface area contributed by atoms with E-state index in [1.54, 1.807) is 36.4 Å². The van der Waals surface area contributed by atoms with Crippen LogP contribution in [0.2, 0.25) is 0 Å². The van der Waals surface area contributed by atoms with Crippen LogP contribution in [0.1, 0.15) is 15.9 Å². The Morgan fingerprint density at radius 3 is 2.28 bits per heavy atom. The molecule has 0 radical (unpaired) electrons.